The fourth-order valence-corrected chi connectivity index (χ4v) is 3.31. The second-order valence-electron chi connectivity index (χ2n) is 7.29. The molecule has 0 saturated carbocycles. The van der Waals surface area contributed by atoms with Crippen molar-refractivity contribution in [2.45, 2.75) is 44.4 Å². The van der Waals surface area contributed by atoms with Gasteiger partial charge >= 0.3 is 0 Å². The van der Waals surface area contributed by atoms with Gasteiger partial charge in [0.1, 0.15) is 22.9 Å². The van der Waals surface area contributed by atoms with Gasteiger partial charge in [-0.05, 0) is 55.5 Å². The average molecular weight is 402 g/mol. The summed E-state index contributed by atoms with van der Waals surface area (Å²) in [6.07, 6.45) is 6.09. The highest BCUT2D eigenvalue weighted by atomic mass is 19.1. The number of methoxy groups -OCH3 is 1. The van der Waals surface area contributed by atoms with E-state index in [9.17, 15) is 9.50 Å². The fourth-order valence-electron chi connectivity index (χ4n) is 3.31. The third kappa shape index (κ3) is 7.28. The molecule has 0 bridgehead atoms. The highest BCUT2D eigenvalue weighted by Gasteiger charge is 2.31. The molecule has 2 aromatic rings. The normalized spacial score (nSPS) is 11.7. The molecule has 1 heterocycles. The molecule has 0 radical (unpaired) electrons. The summed E-state index contributed by atoms with van der Waals surface area (Å²) in [5.41, 5.74) is -0.151. The number of benzene rings is 1. The Bertz CT molecular complexity index is 759. The zero-order valence-corrected chi connectivity index (χ0v) is 17.3. The first-order valence-electron chi connectivity index (χ1n) is 10.00. The number of allylic oxidation sites excluding steroid dienone is 2. The van der Waals surface area contributed by atoms with Crippen LogP contribution in [0.5, 0.6) is 0 Å². The van der Waals surface area contributed by atoms with E-state index in [-0.39, 0.29) is 5.82 Å². The first-order valence-corrected chi connectivity index (χ1v) is 10.00. The number of rotatable bonds is 14. The van der Waals surface area contributed by atoms with Crippen LogP contribution in [0.15, 0.2) is 66.1 Å². The summed E-state index contributed by atoms with van der Waals surface area (Å²) in [4.78, 5) is 2.13. The van der Waals surface area contributed by atoms with E-state index in [1.807, 2.05) is 18.2 Å². The van der Waals surface area contributed by atoms with Crippen LogP contribution in [-0.4, -0.2) is 30.3 Å². The summed E-state index contributed by atoms with van der Waals surface area (Å²) in [6.45, 7) is 9.86. The van der Waals surface area contributed by atoms with Gasteiger partial charge in [0.15, 0.2) is 0 Å². The summed E-state index contributed by atoms with van der Waals surface area (Å²) in [5, 5.41) is 11.1. The number of halogens is 1. The summed E-state index contributed by atoms with van der Waals surface area (Å²) in [6, 6.07) is 10.3. The molecule has 4 nitrogen and oxygen atoms in total. The van der Waals surface area contributed by atoms with Gasteiger partial charge < -0.3 is 14.3 Å². The SMILES string of the molecule is C=CCCC(O)(CCC=C)c1ccc(CN(CCOC)Cc2cccc(F)c2)o1. The monoisotopic (exact) mass is 401 g/mol. The molecule has 0 aliphatic carbocycles. The van der Waals surface area contributed by atoms with Crippen molar-refractivity contribution in [3.8, 4) is 0 Å². The lowest BCUT2D eigenvalue weighted by Gasteiger charge is -2.25. The number of nitrogens with zero attached hydrogens (tertiary/aromatic N) is 1. The Kier molecular flexibility index (Phi) is 9.32. The molecule has 2 rings (SSSR count). The summed E-state index contributed by atoms with van der Waals surface area (Å²) < 4.78 is 24.8. The maximum absolute atomic E-state index is 13.5. The van der Waals surface area contributed by atoms with E-state index in [2.05, 4.69) is 18.1 Å². The largest absolute Gasteiger partial charge is 0.462 e. The molecule has 0 fully saturated rings. The number of furan rings is 1. The van der Waals surface area contributed by atoms with E-state index >= 15 is 0 Å². The van der Waals surface area contributed by atoms with E-state index in [1.54, 1.807) is 25.3 Å². The third-order valence-corrected chi connectivity index (χ3v) is 4.93. The van der Waals surface area contributed by atoms with E-state index in [0.717, 1.165) is 11.3 Å². The van der Waals surface area contributed by atoms with Gasteiger partial charge in [-0.1, -0.05) is 24.3 Å². The Labute approximate surface area is 173 Å². The average Bonchev–Trinajstić information content (AvgIpc) is 3.18. The lowest BCUT2D eigenvalue weighted by molar-refractivity contribution is -0.00227. The Morgan fingerprint density at radius 1 is 1.14 bits per heavy atom. The summed E-state index contributed by atoms with van der Waals surface area (Å²) >= 11 is 0. The standard InChI is InChI=1S/C24H32FNO3/c1-4-6-13-24(27,14-7-5-2)23-12-11-22(29-23)19-26(15-16-28-3)18-20-9-8-10-21(25)17-20/h4-5,8-12,17,27H,1-2,6-7,13-16,18-19H2,3H3. The number of hydrogen-bond acceptors (Lipinski definition) is 4. The van der Waals surface area contributed by atoms with Gasteiger partial charge in [0, 0.05) is 20.2 Å². The van der Waals surface area contributed by atoms with Crippen LogP contribution in [0, 0.1) is 5.82 Å². The number of aliphatic hydroxyl groups is 1. The lowest BCUT2D eigenvalue weighted by atomic mass is 9.89. The van der Waals surface area contributed by atoms with Crippen LogP contribution in [0.3, 0.4) is 0 Å². The molecular formula is C24H32FNO3. The van der Waals surface area contributed by atoms with E-state index in [0.29, 0.717) is 57.7 Å². The molecule has 158 valence electrons. The van der Waals surface area contributed by atoms with Gasteiger partial charge in [0.25, 0.3) is 0 Å². The first-order chi connectivity index (χ1) is 14.0. The highest BCUT2D eigenvalue weighted by Crippen LogP contribution is 2.33. The zero-order chi connectivity index (χ0) is 21.1. The quantitative estimate of drug-likeness (QED) is 0.443. The molecule has 0 spiro atoms. The molecule has 1 aromatic heterocycles. The van der Waals surface area contributed by atoms with Gasteiger partial charge in [-0.2, -0.15) is 0 Å². The Morgan fingerprint density at radius 3 is 2.48 bits per heavy atom. The van der Waals surface area contributed by atoms with Crippen LogP contribution >= 0.6 is 0 Å². The van der Waals surface area contributed by atoms with Crippen molar-refractivity contribution in [2.75, 3.05) is 20.3 Å². The maximum Gasteiger partial charge on any atom is 0.135 e. The van der Waals surface area contributed by atoms with Crippen LogP contribution in [0.2, 0.25) is 0 Å². The summed E-state index contributed by atoms with van der Waals surface area (Å²) in [7, 11) is 1.66. The Morgan fingerprint density at radius 2 is 1.86 bits per heavy atom. The minimum Gasteiger partial charge on any atom is -0.462 e. The van der Waals surface area contributed by atoms with Crippen molar-refractivity contribution in [1.29, 1.82) is 0 Å². The van der Waals surface area contributed by atoms with Crippen molar-refractivity contribution in [1.82, 2.24) is 4.90 Å². The lowest BCUT2D eigenvalue weighted by Crippen LogP contribution is -2.27. The second-order valence-corrected chi connectivity index (χ2v) is 7.29. The molecule has 0 saturated heterocycles. The minimum absolute atomic E-state index is 0.246. The minimum atomic E-state index is -1.04. The van der Waals surface area contributed by atoms with Crippen LogP contribution in [0.4, 0.5) is 4.39 Å². The Hall–Kier alpha value is -2.21. The van der Waals surface area contributed by atoms with Gasteiger partial charge in [-0.15, -0.1) is 13.2 Å². The van der Waals surface area contributed by atoms with E-state index in [4.69, 9.17) is 9.15 Å². The predicted octanol–water partition coefficient (Wildman–Crippen LogP) is 5.19. The summed E-state index contributed by atoms with van der Waals surface area (Å²) in [5.74, 6) is 1.07. The van der Waals surface area contributed by atoms with Gasteiger partial charge in [-0.25, -0.2) is 4.39 Å². The van der Waals surface area contributed by atoms with Crippen molar-refractivity contribution in [3.05, 3.63) is 84.6 Å². The van der Waals surface area contributed by atoms with Crippen molar-refractivity contribution in [3.63, 3.8) is 0 Å². The second kappa shape index (κ2) is 11.7. The molecule has 5 heteroatoms. The molecular weight excluding hydrogens is 369 g/mol. The maximum atomic E-state index is 13.5. The molecule has 0 amide bonds. The van der Waals surface area contributed by atoms with E-state index in [1.165, 1.54) is 12.1 Å². The highest BCUT2D eigenvalue weighted by molar-refractivity contribution is 5.17. The van der Waals surface area contributed by atoms with Crippen LogP contribution in [0.1, 0.15) is 42.8 Å². The smallest absolute Gasteiger partial charge is 0.135 e. The van der Waals surface area contributed by atoms with Crippen molar-refractivity contribution < 1.29 is 18.7 Å². The number of ether oxygens (including phenoxy) is 1. The van der Waals surface area contributed by atoms with Gasteiger partial charge in [-0.3, -0.25) is 4.90 Å². The molecule has 0 aliphatic rings. The molecule has 1 N–H and O–H groups in total. The van der Waals surface area contributed by atoms with Crippen LogP contribution < -0.4 is 0 Å². The Balaban J connectivity index is 2.13. The van der Waals surface area contributed by atoms with Crippen molar-refractivity contribution in [2.24, 2.45) is 0 Å². The zero-order valence-electron chi connectivity index (χ0n) is 17.3. The first kappa shape index (κ1) is 23.1. The van der Waals surface area contributed by atoms with Gasteiger partial charge in [0.05, 0.1) is 13.2 Å². The number of hydrogen-bond donors (Lipinski definition) is 1. The van der Waals surface area contributed by atoms with Crippen molar-refractivity contribution >= 4 is 0 Å². The predicted molar refractivity (Wildman–Crippen MR) is 114 cm³/mol. The fraction of sp³-hybridized carbons (Fsp3) is 0.417. The topological polar surface area (TPSA) is 45.8 Å². The van der Waals surface area contributed by atoms with Crippen LogP contribution in [-0.2, 0) is 23.4 Å². The van der Waals surface area contributed by atoms with E-state index < -0.39 is 5.60 Å². The molecule has 0 atom stereocenters. The molecule has 1 aromatic carbocycles. The van der Waals surface area contributed by atoms with Crippen LogP contribution in [0.25, 0.3) is 0 Å². The molecule has 0 unspecified atom stereocenters. The molecule has 29 heavy (non-hydrogen) atoms. The van der Waals surface area contributed by atoms with Gasteiger partial charge in [0.2, 0.25) is 0 Å². The third-order valence-electron chi connectivity index (χ3n) is 4.93. The molecule has 0 aliphatic heterocycles.